The van der Waals surface area contributed by atoms with E-state index in [9.17, 15) is 14.7 Å². The van der Waals surface area contributed by atoms with Crippen LogP contribution in [-0.2, 0) is 4.79 Å². The van der Waals surface area contributed by atoms with Gasteiger partial charge in [0, 0.05) is 19.6 Å². The first-order valence-corrected chi connectivity index (χ1v) is 7.04. The highest BCUT2D eigenvalue weighted by molar-refractivity contribution is 5.79. The summed E-state index contributed by atoms with van der Waals surface area (Å²) in [5, 5.41) is 20.6. The number of aliphatic carboxylic acids is 1. The minimum atomic E-state index is -0.837. The SMILES string of the molecule is CC(C)CN(CCC#N)C(=O)NCC1(C(=O)O)CCC1. The summed E-state index contributed by atoms with van der Waals surface area (Å²) in [4.78, 5) is 24.9. The monoisotopic (exact) mass is 281 g/mol. The Bertz CT molecular complexity index is 397. The number of urea groups is 1. The van der Waals surface area contributed by atoms with Crippen LogP contribution in [0.3, 0.4) is 0 Å². The number of hydrogen-bond acceptors (Lipinski definition) is 3. The molecule has 0 spiro atoms. The van der Waals surface area contributed by atoms with E-state index in [4.69, 9.17) is 5.26 Å². The average Bonchev–Trinajstić information content (AvgIpc) is 2.31. The lowest BCUT2D eigenvalue weighted by molar-refractivity contribution is -0.153. The summed E-state index contributed by atoms with van der Waals surface area (Å²) in [5.41, 5.74) is -0.783. The number of carboxylic acids is 1. The fraction of sp³-hybridized carbons (Fsp3) is 0.786. The van der Waals surface area contributed by atoms with Crippen molar-refractivity contribution in [2.45, 2.75) is 39.5 Å². The van der Waals surface area contributed by atoms with Crippen LogP contribution in [0, 0.1) is 22.7 Å². The van der Waals surface area contributed by atoms with Crippen molar-refractivity contribution in [1.29, 1.82) is 5.26 Å². The number of carboxylic acid groups (broad SMARTS) is 1. The Hall–Kier alpha value is -1.77. The Balaban J connectivity index is 2.53. The molecule has 0 atom stereocenters. The van der Waals surface area contributed by atoms with Crippen molar-refractivity contribution in [3.63, 3.8) is 0 Å². The van der Waals surface area contributed by atoms with E-state index in [2.05, 4.69) is 5.32 Å². The molecular weight excluding hydrogens is 258 g/mol. The fourth-order valence-electron chi connectivity index (χ4n) is 2.33. The van der Waals surface area contributed by atoms with Gasteiger partial charge < -0.3 is 15.3 Å². The van der Waals surface area contributed by atoms with Crippen LogP contribution in [0.2, 0.25) is 0 Å². The Morgan fingerprint density at radius 2 is 2.10 bits per heavy atom. The molecule has 0 aromatic carbocycles. The molecule has 0 heterocycles. The van der Waals surface area contributed by atoms with E-state index < -0.39 is 11.4 Å². The van der Waals surface area contributed by atoms with Crippen molar-refractivity contribution in [2.24, 2.45) is 11.3 Å². The van der Waals surface area contributed by atoms with Gasteiger partial charge in [-0.1, -0.05) is 20.3 Å². The van der Waals surface area contributed by atoms with Gasteiger partial charge >= 0.3 is 12.0 Å². The molecule has 1 fully saturated rings. The third kappa shape index (κ3) is 4.12. The third-order valence-corrected chi connectivity index (χ3v) is 3.71. The smallest absolute Gasteiger partial charge is 0.317 e. The van der Waals surface area contributed by atoms with Crippen LogP contribution in [0.1, 0.15) is 39.5 Å². The molecule has 1 rings (SSSR count). The number of nitrogens with zero attached hydrogens (tertiary/aromatic N) is 2. The first-order valence-electron chi connectivity index (χ1n) is 7.04. The zero-order valence-corrected chi connectivity index (χ0v) is 12.2. The van der Waals surface area contributed by atoms with Crippen LogP contribution in [0.15, 0.2) is 0 Å². The van der Waals surface area contributed by atoms with Crippen LogP contribution in [0.25, 0.3) is 0 Å². The van der Waals surface area contributed by atoms with Gasteiger partial charge in [0.15, 0.2) is 0 Å². The highest BCUT2D eigenvalue weighted by Gasteiger charge is 2.44. The molecule has 1 aliphatic rings. The highest BCUT2D eigenvalue weighted by Crippen LogP contribution is 2.40. The first kappa shape index (κ1) is 16.3. The maximum Gasteiger partial charge on any atom is 0.317 e. The standard InChI is InChI=1S/C14H23N3O3/c1-11(2)9-17(8-4-7-15)13(20)16-10-14(12(18)19)5-3-6-14/h11H,3-6,8-10H2,1-2H3,(H,16,20)(H,18,19). The second-order valence-corrected chi connectivity index (χ2v) is 5.85. The Morgan fingerprint density at radius 1 is 1.45 bits per heavy atom. The summed E-state index contributed by atoms with van der Waals surface area (Å²) in [6, 6.07) is 1.75. The topological polar surface area (TPSA) is 93.4 Å². The van der Waals surface area contributed by atoms with Gasteiger partial charge in [0.25, 0.3) is 0 Å². The normalized spacial score (nSPS) is 16.1. The number of carbonyl (C=O) groups excluding carboxylic acids is 1. The van der Waals surface area contributed by atoms with Gasteiger partial charge in [-0.3, -0.25) is 4.79 Å². The van der Waals surface area contributed by atoms with Crippen molar-refractivity contribution < 1.29 is 14.7 Å². The number of rotatable bonds is 7. The van der Waals surface area contributed by atoms with Crippen molar-refractivity contribution in [3.8, 4) is 6.07 Å². The van der Waals surface area contributed by atoms with E-state index in [0.29, 0.717) is 31.8 Å². The van der Waals surface area contributed by atoms with Gasteiger partial charge in [-0.2, -0.15) is 5.26 Å². The van der Waals surface area contributed by atoms with E-state index in [0.717, 1.165) is 6.42 Å². The van der Waals surface area contributed by atoms with Crippen molar-refractivity contribution >= 4 is 12.0 Å². The Kier molecular flexibility index (Phi) is 5.81. The molecule has 0 aromatic rings. The maximum absolute atomic E-state index is 12.1. The third-order valence-electron chi connectivity index (χ3n) is 3.71. The highest BCUT2D eigenvalue weighted by atomic mass is 16.4. The largest absolute Gasteiger partial charge is 0.481 e. The quantitative estimate of drug-likeness (QED) is 0.744. The molecule has 2 N–H and O–H groups in total. The molecule has 112 valence electrons. The van der Waals surface area contributed by atoms with Crippen LogP contribution in [0.4, 0.5) is 4.79 Å². The van der Waals surface area contributed by atoms with Crippen LogP contribution < -0.4 is 5.32 Å². The number of nitriles is 1. The maximum atomic E-state index is 12.1. The van der Waals surface area contributed by atoms with Crippen LogP contribution in [0.5, 0.6) is 0 Å². The average molecular weight is 281 g/mol. The first-order chi connectivity index (χ1) is 9.41. The predicted octanol–water partition coefficient (Wildman–Crippen LogP) is 1.82. The number of amides is 2. The molecule has 0 unspecified atom stereocenters. The van der Waals surface area contributed by atoms with E-state index in [1.54, 1.807) is 4.90 Å². The van der Waals surface area contributed by atoms with Gasteiger partial charge in [-0.25, -0.2) is 4.79 Å². The molecular formula is C14H23N3O3. The molecule has 20 heavy (non-hydrogen) atoms. The van der Waals surface area contributed by atoms with Crippen LogP contribution >= 0.6 is 0 Å². The van der Waals surface area contributed by atoms with Crippen molar-refractivity contribution in [3.05, 3.63) is 0 Å². The fourth-order valence-corrected chi connectivity index (χ4v) is 2.33. The van der Waals surface area contributed by atoms with Gasteiger partial charge in [-0.05, 0) is 18.8 Å². The molecule has 2 amide bonds. The molecule has 0 aromatic heterocycles. The molecule has 0 radical (unpaired) electrons. The van der Waals surface area contributed by atoms with E-state index in [1.807, 2.05) is 19.9 Å². The molecule has 0 bridgehead atoms. The van der Waals surface area contributed by atoms with E-state index in [-0.39, 0.29) is 19.0 Å². The molecule has 0 aliphatic heterocycles. The molecule has 6 nitrogen and oxygen atoms in total. The molecule has 1 aliphatic carbocycles. The lowest BCUT2D eigenvalue weighted by Crippen LogP contribution is -2.51. The second kappa shape index (κ2) is 7.13. The second-order valence-electron chi connectivity index (χ2n) is 5.85. The number of nitrogens with one attached hydrogen (secondary N) is 1. The van der Waals surface area contributed by atoms with Crippen molar-refractivity contribution in [2.75, 3.05) is 19.6 Å². The minimum absolute atomic E-state index is 0.169. The lowest BCUT2D eigenvalue weighted by Gasteiger charge is -2.38. The summed E-state index contributed by atoms with van der Waals surface area (Å²) in [6.45, 7) is 5.10. The lowest BCUT2D eigenvalue weighted by atomic mass is 9.69. The van der Waals surface area contributed by atoms with Gasteiger partial charge in [-0.15, -0.1) is 0 Å². The molecule has 6 heteroatoms. The summed E-state index contributed by atoms with van der Waals surface area (Å²) < 4.78 is 0. The molecule has 1 saturated carbocycles. The van der Waals surface area contributed by atoms with E-state index >= 15 is 0 Å². The van der Waals surface area contributed by atoms with E-state index in [1.165, 1.54) is 0 Å². The van der Waals surface area contributed by atoms with Crippen LogP contribution in [-0.4, -0.2) is 41.6 Å². The number of hydrogen-bond donors (Lipinski definition) is 2. The Labute approximate surface area is 119 Å². The van der Waals surface area contributed by atoms with Gasteiger partial charge in [0.1, 0.15) is 0 Å². The number of carbonyl (C=O) groups is 2. The summed E-state index contributed by atoms with van der Waals surface area (Å²) in [6.07, 6.45) is 2.41. The summed E-state index contributed by atoms with van der Waals surface area (Å²) in [7, 11) is 0. The minimum Gasteiger partial charge on any atom is -0.481 e. The predicted molar refractivity (Wildman–Crippen MR) is 74.0 cm³/mol. The molecule has 0 saturated heterocycles. The summed E-state index contributed by atoms with van der Waals surface area (Å²) >= 11 is 0. The van der Waals surface area contributed by atoms with Crippen molar-refractivity contribution in [1.82, 2.24) is 10.2 Å². The zero-order valence-electron chi connectivity index (χ0n) is 12.2. The zero-order chi connectivity index (χ0) is 15.2. The Morgan fingerprint density at radius 3 is 2.50 bits per heavy atom. The van der Waals surface area contributed by atoms with Gasteiger partial charge in [0.05, 0.1) is 17.9 Å². The summed E-state index contributed by atoms with van der Waals surface area (Å²) in [5.74, 6) is -0.534. The van der Waals surface area contributed by atoms with Gasteiger partial charge in [0.2, 0.25) is 0 Å².